The van der Waals surface area contributed by atoms with E-state index in [1.807, 2.05) is 29.3 Å². The molecule has 4 nitrogen and oxygen atoms in total. The quantitative estimate of drug-likeness (QED) is 0.791. The molecule has 16 heavy (non-hydrogen) atoms. The van der Waals surface area contributed by atoms with Gasteiger partial charge in [0, 0.05) is 19.6 Å². The Morgan fingerprint density at radius 1 is 1.31 bits per heavy atom. The van der Waals surface area contributed by atoms with Gasteiger partial charge in [0.2, 0.25) is 5.91 Å². The summed E-state index contributed by atoms with van der Waals surface area (Å²) in [5.74, 6) is 0.0735. The van der Waals surface area contributed by atoms with Crippen molar-refractivity contribution in [3.63, 3.8) is 0 Å². The molecule has 4 heteroatoms. The topological polar surface area (TPSA) is 52.6 Å². The average molecular weight is 220 g/mol. The first-order valence-electron chi connectivity index (χ1n) is 5.56. The second-order valence-corrected chi connectivity index (χ2v) is 3.93. The summed E-state index contributed by atoms with van der Waals surface area (Å²) in [4.78, 5) is 11.1. The van der Waals surface area contributed by atoms with Crippen molar-refractivity contribution in [3.05, 3.63) is 29.8 Å². The number of hydrogen-bond acceptors (Lipinski definition) is 3. The fourth-order valence-electron chi connectivity index (χ4n) is 1.80. The van der Waals surface area contributed by atoms with Gasteiger partial charge in [-0.1, -0.05) is 12.1 Å². The molecule has 1 aromatic carbocycles. The first-order valence-corrected chi connectivity index (χ1v) is 5.56. The highest BCUT2D eigenvalue weighted by molar-refractivity contribution is 5.81. The SMILES string of the molecule is O=C1CCN(c2ccc(CCCO)cc2)N1. The van der Waals surface area contributed by atoms with Crippen LogP contribution in [0.5, 0.6) is 0 Å². The van der Waals surface area contributed by atoms with Gasteiger partial charge in [0.25, 0.3) is 0 Å². The van der Waals surface area contributed by atoms with Crippen molar-refractivity contribution < 1.29 is 9.90 Å². The molecule has 0 radical (unpaired) electrons. The number of hydrazine groups is 1. The summed E-state index contributed by atoms with van der Waals surface area (Å²) in [5.41, 5.74) is 5.01. The molecule has 1 amide bonds. The van der Waals surface area contributed by atoms with Gasteiger partial charge in [0.15, 0.2) is 0 Å². The van der Waals surface area contributed by atoms with Crippen LogP contribution in [0.2, 0.25) is 0 Å². The van der Waals surface area contributed by atoms with Gasteiger partial charge < -0.3 is 5.11 Å². The van der Waals surface area contributed by atoms with Crippen molar-refractivity contribution in [1.29, 1.82) is 0 Å². The Bertz CT molecular complexity index is 362. The van der Waals surface area contributed by atoms with Crippen LogP contribution in [0.25, 0.3) is 0 Å². The normalized spacial score (nSPS) is 15.3. The van der Waals surface area contributed by atoms with Crippen LogP contribution in [0.4, 0.5) is 5.69 Å². The number of hydrogen-bond donors (Lipinski definition) is 2. The molecular formula is C12H16N2O2. The molecule has 1 aliphatic rings. The highest BCUT2D eigenvalue weighted by Crippen LogP contribution is 2.17. The lowest BCUT2D eigenvalue weighted by Gasteiger charge is -2.17. The average Bonchev–Trinajstić information content (AvgIpc) is 2.74. The monoisotopic (exact) mass is 220 g/mol. The molecule has 2 rings (SSSR count). The van der Waals surface area contributed by atoms with Crippen LogP contribution in [0, 0.1) is 0 Å². The Kier molecular flexibility index (Phi) is 3.41. The number of nitrogens with zero attached hydrogens (tertiary/aromatic N) is 1. The lowest BCUT2D eigenvalue weighted by molar-refractivity contribution is -0.119. The van der Waals surface area contributed by atoms with Crippen LogP contribution in [0.1, 0.15) is 18.4 Å². The third-order valence-electron chi connectivity index (χ3n) is 2.69. The highest BCUT2D eigenvalue weighted by Gasteiger charge is 2.17. The fraction of sp³-hybridized carbons (Fsp3) is 0.417. The molecule has 0 unspecified atom stereocenters. The number of amides is 1. The molecule has 1 aliphatic heterocycles. The number of aliphatic hydroxyl groups excluding tert-OH is 1. The van der Waals surface area contributed by atoms with Crippen LogP contribution in [-0.4, -0.2) is 24.2 Å². The third kappa shape index (κ3) is 2.52. The highest BCUT2D eigenvalue weighted by atomic mass is 16.2. The van der Waals surface area contributed by atoms with E-state index in [9.17, 15) is 4.79 Å². The number of carbonyl (C=O) groups is 1. The van der Waals surface area contributed by atoms with Crippen LogP contribution < -0.4 is 10.4 Å². The number of benzene rings is 1. The minimum absolute atomic E-state index is 0.0735. The molecule has 0 bridgehead atoms. The molecule has 2 N–H and O–H groups in total. The van der Waals surface area contributed by atoms with Crippen molar-refractivity contribution in [2.24, 2.45) is 0 Å². The predicted octanol–water partition coefficient (Wildman–Crippen LogP) is 0.853. The summed E-state index contributed by atoms with van der Waals surface area (Å²) >= 11 is 0. The Morgan fingerprint density at radius 2 is 2.06 bits per heavy atom. The molecule has 1 heterocycles. The second kappa shape index (κ2) is 4.99. The maximum Gasteiger partial charge on any atom is 0.240 e. The van der Waals surface area contributed by atoms with Gasteiger partial charge in [-0.15, -0.1) is 0 Å². The standard InChI is InChI=1S/C12H16N2O2/c15-9-1-2-10-3-5-11(6-4-10)14-8-7-12(16)13-14/h3-6,15H,1-2,7-9H2,(H,13,16). The zero-order valence-electron chi connectivity index (χ0n) is 9.15. The van der Waals surface area contributed by atoms with Gasteiger partial charge in [0.1, 0.15) is 0 Å². The van der Waals surface area contributed by atoms with Gasteiger partial charge in [-0.3, -0.25) is 15.2 Å². The zero-order chi connectivity index (χ0) is 11.4. The lowest BCUT2D eigenvalue weighted by Crippen LogP contribution is -2.32. The van der Waals surface area contributed by atoms with Crippen molar-refractivity contribution >= 4 is 11.6 Å². The first-order chi connectivity index (χ1) is 7.79. The maximum atomic E-state index is 11.1. The molecule has 0 saturated carbocycles. The van der Waals surface area contributed by atoms with Crippen LogP contribution in [0.15, 0.2) is 24.3 Å². The van der Waals surface area contributed by atoms with Gasteiger partial charge in [-0.25, -0.2) is 0 Å². The summed E-state index contributed by atoms with van der Waals surface area (Å²) in [7, 11) is 0. The van der Waals surface area contributed by atoms with Crippen LogP contribution in [-0.2, 0) is 11.2 Å². The fourth-order valence-corrected chi connectivity index (χ4v) is 1.80. The Labute approximate surface area is 94.9 Å². The molecule has 0 spiro atoms. The van der Waals surface area contributed by atoms with Crippen molar-refractivity contribution in [2.75, 3.05) is 18.2 Å². The van der Waals surface area contributed by atoms with Crippen molar-refractivity contribution in [2.45, 2.75) is 19.3 Å². The lowest BCUT2D eigenvalue weighted by atomic mass is 10.1. The first kappa shape index (κ1) is 11.0. The van der Waals surface area contributed by atoms with Gasteiger partial charge >= 0.3 is 0 Å². The van der Waals surface area contributed by atoms with Gasteiger partial charge in [0.05, 0.1) is 5.69 Å². The van der Waals surface area contributed by atoms with E-state index in [4.69, 9.17) is 5.11 Å². The van der Waals surface area contributed by atoms with E-state index in [0.717, 1.165) is 25.1 Å². The number of anilines is 1. The number of aliphatic hydroxyl groups is 1. The van der Waals surface area contributed by atoms with Crippen molar-refractivity contribution in [1.82, 2.24) is 5.43 Å². The zero-order valence-corrected chi connectivity index (χ0v) is 9.15. The largest absolute Gasteiger partial charge is 0.396 e. The second-order valence-electron chi connectivity index (χ2n) is 3.93. The molecule has 1 aromatic rings. The van der Waals surface area contributed by atoms with Gasteiger partial charge in [-0.2, -0.15) is 0 Å². The molecule has 1 fully saturated rings. The van der Waals surface area contributed by atoms with E-state index in [2.05, 4.69) is 5.43 Å². The summed E-state index contributed by atoms with van der Waals surface area (Å²) in [5, 5.41) is 10.6. The molecular weight excluding hydrogens is 204 g/mol. The van der Waals surface area contributed by atoms with Crippen LogP contribution in [0.3, 0.4) is 0 Å². The minimum Gasteiger partial charge on any atom is -0.396 e. The van der Waals surface area contributed by atoms with E-state index in [1.54, 1.807) is 0 Å². The van der Waals surface area contributed by atoms with E-state index in [1.165, 1.54) is 5.56 Å². The van der Waals surface area contributed by atoms with E-state index < -0.39 is 0 Å². The maximum absolute atomic E-state index is 11.1. The van der Waals surface area contributed by atoms with Crippen LogP contribution >= 0.6 is 0 Å². The van der Waals surface area contributed by atoms with Gasteiger partial charge in [-0.05, 0) is 30.5 Å². The molecule has 1 saturated heterocycles. The Morgan fingerprint density at radius 3 is 2.62 bits per heavy atom. The predicted molar refractivity (Wildman–Crippen MR) is 62.0 cm³/mol. The van der Waals surface area contributed by atoms with E-state index in [-0.39, 0.29) is 12.5 Å². The summed E-state index contributed by atoms with van der Waals surface area (Å²) in [6, 6.07) is 8.07. The van der Waals surface area contributed by atoms with E-state index in [0.29, 0.717) is 6.42 Å². The summed E-state index contributed by atoms with van der Waals surface area (Å²) in [6.45, 7) is 0.957. The molecule has 0 aliphatic carbocycles. The Balaban J connectivity index is 1.99. The molecule has 0 aromatic heterocycles. The molecule has 86 valence electrons. The molecule has 0 atom stereocenters. The number of aryl methyl sites for hydroxylation is 1. The summed E-state index contributed by atoms with van der Waals surface area (Å²) < 4.78 is 0. The number of carbonyl (C=O) groups excluding carboxylic acids is 1. The summed E-state index contributed by atoms with van der Waals surface area (Å²) in [6.07, 6.45) is 2.25. The minimum atomic E-state index is 0.0735. The van der Waals surface area contributed by atoms with Crippen molar-refractivity contribution in [3.8, 4) is 0 Å². The Hall–Kier alpha value is -1.55. The smallest absolute Gasteiger partial charge is 0.240 e. The van der Waals surface area contributed by atoms with E-state index >= 15 is 0 Å². The number of rotatable bonds is 4. The number of nitrogens with one attached hydrogen (secondary N) is 1. The third-order valence-corrected chi connectivity index (χ3v) is 2.69.